The van der Waals surface area contributed by atoms with Crippen molar-refractivity contribution in [3.63, 3.8) is 0 Å². The van der Waals surface area contributed by atoms with Crippen molar-refractivity contribution in [2.24, 2.45) is 0 Å². The average molecular weight is 353 g/mol. The Morgan fingerprint density at radius 3 is 1.84 bits per heavy atom. The number of esters is 2. The van der Waals surface area contributed by atoms with Gasteiger partial charge in [-0.2, -0.15) is 0 Å². The third kappa shape index (κ3) is 14.5. The minimum Gasteiger partial charge on any atom is -0.456 e. The van der Waals surface area contributed by atoms with Crippen LogP contribution in [0.3, 0.4) is 0 Å². The van der Waals surface area contributed by atoms with Crippen LogP contribution in [0.2, 0.25) is 0 Å². The second-order valence-electron chi connectivity index (χ2n) is 6.66. The Balaban J connectivity index is 0.000000823. The fourth-order valence-corrected chi connectivity index (χ4v) is 2.67. The Labute approximate surface area is 153 Å². The van der Waals surface area contributed by atoms with Gasteiger partial charge in [0, 0.05) is 13.0 Å². The summed E-state index contributed by atoms with van der Waals surface area (Å²) in [6.07, 6.45) is 17.6. The van der Waals surface area contributed by atoms with Gasteiger partial charge in [-0.1, -0.05) is 71.4 Å². The molecule has 0 bridgehead atoms. The van der Waals surface area contributed by atoms with Gasteiger partial charge in [0.25, 0.3) is 0 Å². The lowest BCUT2D eigenvalue weighted by atomic mass is 10.0. The molecule has 0 atom stereocenters. The third-order valence-electron chi connectivity index (χ3n) is 4.28. The Morgan fingerprint density at radius 1 is 0.960 bits per heavy atom. The van der Waals surface area contributed by atoms with Gasteiger partial charge < -0.3 is 9.47 Å². The van der Waals surface area contributed by atoms with Crippen LogP contribution in [-0.4, -0.2) is 17.5 Å². The minimum atomic E-state index is -0.329. The van der Waals surface area contributed by atoms with Gasteiger partial charge in [-0.05, 0) is 25.7 Å². The van der Waals surface area contributed by atoms with Crippen LogP contribution in [0.4, 0.5) is 0 Å². The molecule has 0 aromatic rings. The van der Waals surface area contributed by atoms with Gasteiger partial charge in [0.1, 0.15) is 5.60 Å². The van der Waals surface area contributed by atoms with E-state index in [2.05, 4.69) is 24.8 Å². The Kier molecular flexibility index (Phi) is 13.8. The third-order valence-corrected chi connectivity index (χ3v) is 4.28. The summed E-state index contributed by atoms with van der Waals surface area (Å²) in [5, 5.41) is 0. The van der Waals surface area contributed by atoms with E-state index < -0.39 is 0 Å². The number of rotatable bonds is 13. The van der Waals surface area contributed by atoms with E-state index in [0.29, 0.717) is 0 Å². The number of unbranched alkanes of at least 4 members (excludes halogenated alkanes) is 8. The van der Waals surface area contributed by atoms with E-state index in [1.807, 2.05) is 0 Å². The molecule has 144 valence electrons. The largest absolute Gasteiger partial charge is 0.456 e. The molecule has 0 aromatic heterocycles. The van der Waals surface area contributed by atoms with E-state index in [0.717, 1.165) is 25.5 Å². The van der Waals surface area contributed by atoms with Gasteiger partial charge in [0.2, 0.25) is 0 Å². The Morgan fingerprint density at radius 2 is 1.48 bits per heavy atom. The van der Waals surface area contributed by atoms with Gasteiger partial charge in [0.05, 0.1) is 6.26 Å². The first-order valence-corrected chi connectivity index (χ1v) is 9.63. The highest BCUT2D eigenvalue weighted by Gasteiger charge is 2.45. The molecule has 1 fully saturated rings. The van der Waals surface area contributed by atoms with Gasteiger partial charge in [-0.25, -0.2) is 4.79 Å². The van der Waals surface area contributed by atoms with Crippen LogP contribution in [0, 0.1) is 0 Å². The number of hydrogen-bond acceptors (Lipinski definition) is 4. The molecule has 4 heteroatoms. The topological polar surface area (TPSA) is 52.6 Å². The molecule has 0 aliphatic heterocycles. The van der Waals surface area contributed by atoms with Crippen molar-refractivity contribution < 1.29 is 19.1 Å². The van der Waals surface area contributed by atoms with Crippen molar-refractivity contribution in [3.8, 4) is 0 Å². The number of hydrogen-bond donors (Lipinski definition) is 0. The summed E-state index contributed by atoms with van der Waals surface area (Å²) < 4.78 is 9.58. The fourth-order valence-electron chi connectivity index (χ4n) is 2.67. The first-order valence-electron chi connectivity index (χ1n) is 9.63. The van der Waals surface area contributed by atoms with E-state index in [4.69, 9.17) is 4.74 Å². The molecular formula is C21H36O4. The molecule has 1 saturated carbocycles. The molecule has 0 N–H and O–H groups in total. The summed E-state index contributed by atoms with van der Waals surface area (Å²) in [6.45, 7) is 10.2. The highest BCUT2D eigenvalue weighted by molar-refractivity contribution is 5.81. The smallest absolute Gasteiger partial charge is 0.330 e. The van der Waals surface area contributed by atoms with Crippen molar-refractivity contribution in [2.75, 3.05) is 0 Å². The molecule has 1 aliphatic carbocycles. The normalized spacial score (nSPS) is 13.8. The van der Waals surface area contributed by atoms with Crippen LogP contribution in [0.5, 0.6) is 0 Å². The predicted octanol–water partition coefficient (Wildman–Crippen LogP) is 5.86. The molecule has 0 unspecified atom stereocenters. The second kappa shape index (κ2) is 14.7. The van der Waals surface area contributed by atoms with Crippen molar-refractivity contribution in [1.29, 1.82) is 0 Å². The molecule has 0 spiro atoms. The van der Waals surface area contributed by atoms with Crippen LogP contribution < -0.4 is 0 Å². The molecule has 25 heavy (non-hydrogen) atoms. The van der Waals surface area contributed by atoms with Crippen molar-refractivity contribution in [1.82, 2.24) is 0 Å². The second-order valence-corrected chi connectivity index (χ2v) is 6.66. The molecule has 1 rings (SSSR count). The summed E-state index contributed by atoms with van der Waals surface area (Å²) in [4.78, 5) is 20.9. The van der Waals surface area contributed by atoms with Gasteiger partial charge in [-0.15, -0.1) is 0 Å². The summed E-state index contributed by atoms with van der Waals surface area (Å²) >= 11 is 0. The number of ether oxygens (including phenoxy) is 2. The molecule has 4 nitrogen and oxygen atoms in total. The quantitative estimate of drug-likeness (QED) is 0.180. The molecule has 1 aliphatic rings. The lowest BCUT2D eigenvalue weighted by molar-refractivity contribution is -0.145. The molecule has 0 saturated heterocycles. The summed E-state index contributed by atoms with van der Waals surface area (Å²) in [5.74, 6) is -0.585. The standard InChI is InChI=1S/C17H30O2.C4H6O2/c1-3-5-6-7-8-9-10-11-12-13-17(14-15-17)19-16(18)4-2;1-3-6-4(2)5/h4H,2-3,5-15H2,1H3;3H,1H2,2H3. The van der Waals surface area contributed by atoms with Crippen molar-refractivity contribution in [3.05, 3.63) is 25.5 Å². The zero-order valence-corrected chi connectivity index (χ0v) is 16.2. The molecule has 0 radical (unpaired) electrons. The fraction of sp³-hybridized carbons (Fsp3) is 0.714. The zero-order chi connectivity index (χ0) is 19.0. The lowest BCUT2D eigenvalue weighted by Gasteiger charge is -2.15. The van der Waals surface area contributed by atoms with Gasteiger partial charge in [-0.3, -0.25) is 4.79 Å². The maximum absolute atomic E-state index is 11.2. The van der Waals surface area contributed by atoms with Crippen LogP contribution in [0.25, 0.3) is 0 Å². The maximum atomic E-state index is 11.2. The minimum absolute atomic E-state index is 0.105. The van der Waals surface area contributed by atoms with E-state index in [-0.39, 0.29) is 17.5 Å². The summed E-state index contributed by atoms with van der Waals surface area (Å²) in [7, 11) is 0. The summed E-state index contributed by atoms with van der Waals surface area (Å²) in [6, 6.07) is 0. The maximum Gasteiger partial charge on any atom is 0.330 e. The van der Waals surface area contributed by atoms with Crippen molar-refractivity contribution >= 4 is 11.9 Å². The predicted molar refractivity (Wildman–Crippen MR) is 102 cm³/mol. The lowest BCUT2D eigenvalue weighted by Crippen LogP contribution is -2.17. The van der Waals surface area contributed by atoms with Crippen LogP contribution in [0.15, 0.2) is 25.5 Å². The van der Waals surface area contributed by atoms with E-state index >= 15 is 0 Å². The monoisotopic (exact) mass is 352 g/mol. The van der Waals surface area contributed by atoms with E-state index in [1.165, 1.54) is 70.8 Å². The SMILES string of the molecule is C=CC(=O)OC1(CCCCCCCCCCC)CC1.C=COC(C)=O. The highest BCUT2D eigenvalue weighted by atomic mass is 16.6. The van der Waals surface area contributed by atoms with E-state index in [1.54, 1.807) is 0 Å². The highest BCUT2D eigenvalue weighted by Crippen LogP contribution is 2.44. The average Bonchev–Trinajstić information content (AvgIpc) is 3.33. The van der Waals surface area contributed by atoms with Crippen LogP contribution >= 0.6 is 0 Å². The Bertz CT molecular complexity index is 397. The molecule has 0 amide bonds. The molecule has 0 heterocycles. The number of carbonyl (C=O) groups excluding carboxylic acids is 2. The Hall–Kier alpha value is -1.58. The molecular weight excluding hydrogens is 316 g/mol. The molecule has 0 aromatic carbocycles. The van der Waals surface area contributed by atoms with Crippen LogP contribution in [0.1, 0.15) is 90.9 Å². The van der Waals surface area contributed by atoms with Gasteiger partial charge in [0.15, 0.2) is 0 Å². The van der Waals surface area contributed by atoms with Crippen LogP contribution in [-0.2, 0) is 19.1 Å². The van der Waals surface area contributed by atoms with Crippen molar-refractivity contribution in [2.45, 2.75) is 96.5 Å². The first kappa shape index (κ1) is 23.4. The van der Waals surface area contributed by atoms with E-state index in [9.17, 15) is 9.59 Å². The first-order chi connectivity index (χ1) is 12.0. The number of carbonyl (C=O) groups is 2. The zero-order valence-electron chi connectivity index (χ0n) is 16.2. The summed E-state index contributed by atoms with van der Waals surface area (Å²) in [5.41, 5.74) is -0.105. The van der Waals surface area contributed by atoms with Gasteiger partial charge >= 0.3 is 11.9 Å².